The smallest absolute Gasteiger partial charge is 0.234 e. The SMILES string of the molecule is COc1ccc(CCNC(=O)CC#N)c(OCc2ccccc2C)c1. The van der Waals surface area contributed by atoms with Gasteiger partial charge in [-0.1, -0.05) is 30.3 Å². The van der Waals surface area contributed by atoms with Crippen molar-refractivity contribution in [1.82, 2.24) is 5.32 Å². The van der Waals surface area contributed by atoms with Crippen LogP contribution in [0.15, 0.2) is 42.5 Å². The van der Waals surface area contributed by atoms with E-state index >= 15 is 0 Å². The van der Waals surface area contributed by atoms with E-state index in [0.29, 0.717) is 19.6 Å². The fourth-order valence-corrected chi connectivity index (χ4v) is 2.40. The summed E-state index contributed by atoms with van der Waals surface area (Å²) < 4.78 is 11.3. The van der Waals surface area contributed by atoms with E-state index in [-0.39, 0.29) is 12.3 Å². The molecule has 0 atom stereocenters. The highest BCUT2D eigenvalue weighted by Gasteiger charge is 2.08. The van der Waals surface area contributed by atoms with Crippen molar-refractivity contribution in [3.05, 3.63) is 59.2 Å². The number of carbonyl (C=O) groups excluding carboxylic acids is 1. The van der Waals surface area contributed by atoms with Crippen LogP contribution in [0.25, 0.3) is 0 Å². The number of nitriles is 1. The summed E-state index contributed by atoms with van der Waals surface area (Å²) in [7, 11) is 1.61. The Kier molecular flexibility index (Phi) is 6.85. The maximum absolute atomic E-state index is 11.4. The molecule has 0 fully saturated rings. The zero-order valence-electron chi connectivity index (χ0n) is 14.5. The first-order valence-electron chi connectivity index (χ1n) is 8.12. The maximum atomic E-state index is 11.4. The molecule has 2 aromatic rings. The monoisotopic (exact) mass is 338 g/mol. The molecule has 0 aromatic heterocycles. The molecule has 5 nitrogen and oxygen atoms in total. The lowest BCUT2D eigenvalue weighted by atomic mass is 10.1. The highest BCUT2D eigenvalue weighted by atomic mass is 16.5. The lowest BCUT2D eigenvalue weighted by molar-refractivity contribution is -0.120. The Morgan fingerprint density at radius 2 is 2.00 bits per heavy atom. The van der Waals surface area contributed by atoms with Crippen LogP contribution in [0.3, 0.4) is 0 Å². The number of rotatable bonds is 8. The Labute approximate surface area is 148 Å². The van der Waals surface area contributed by atoms with Gasteiger partial charge in [0.2, 0.25) is 5.91 Å². The standard InChI is InChI=1S/C20H22N2O3/c1-15-5-3-4-6-17(15)14-25-19-13-18(24-2)8-7-16(19)10-12-22-20(23)9-11-21/h3-8,13H,9-10,12,14H2,1-2H3,(H,22,23). The minimum atomic E-state index is -0.265. The number of ether oxygens (including phenoxy) is 2. The van der Waals surface area contributed by atoms with Crippen molar-refractivity contribution in [1.29, 1.82) is 5.26 Å². The van der Waals surface area contributed by atoms with E-state index in [1.165, 1.54) is 5.56 Å². The molecule has 0 unspecified atom stereocenters. The van der Waals surface area contributed by atoms with Crippen molar-refractivity contribution in [3.63, 3.8) is 0 Å². The largest absolute Gasteiger partial charge is 0.497 e. The van der Waals surface area contributed by atoms with Crippen LogP contribution < -0.4 is 14.8 Å². The topological polar surface area (TPSA) is 71.3 Å². The van der Waals surface area contributed by atoms with E-state index < -0.39 is 0 Å². The van der Waals surface area contributed by atoms with Crippen LogP contribution in [-0.2, 0) is 17.8 Å². The fourth-order valence-electron chi connectivity index (χ4n) is 2.40. The molecule has 2 rings (SSSR count). The van der Waals surface area contributed by atoms with Gasteiger partial charge in [0.1, 0.15) is 24.5 Å². The molecule has 2 aromatic carbocycles. The third kappa shape index (κ3) is 5.54. The number of methoxy groups -OCH3 is 1. The Hall–Kier alpha value is -3.00. The van der Waals surface area contributed by atoms with Crippen LogP contribution in [0.1, 0.15) is 23.1 Å². The first-order valence-corrected chi connectivity index (χ1v) is 8.12. The molecule has 1 N–H and O–H groups in total. The van der Waals surface area contributed by atoms with Crippen molar-refractivity contribution in [2.24, 2.45) is 0 Å². The molecule has 0 aliphatic heterocycles. The van der Waals surface area contributed by atoms with E-state index in [0.717, 1.165) is 22.6 Å². The number of hydrogen-bond acceptors (Lipinski definition) is 4. The average molecular weight is 338 g/mol. The Morgan fingerprint density at radius 3 is 2.72 bits per heavy atom. The molecule has 0 spiro atoms. The van der Waals surface area contributed by atoms with Crippen molar-refractivity contribution in [2.75, 3.05) is 13.7 Å². The summed E-state index contributed by atoms with van der Waals surface area (Å²) in [5, 5.41) is 11.2. The molecule has 0 aliphatic carbocycles. The summed E-state index contributed by atoms with van der Waals surface area (Å²) >= 11 is 0. The summed E-state index contributed by atoms with van der Waals surface area (Å²) in [5.41, 5.74) is 3.28. The maximum Gasteiger partial charge on any atom is 0.234 e. The molecule has 1 amide bonds. The Balaban J connectivity index is 2.05. The van der Waals surface area contributed by atoms with Crippen LogP contribution >= 0.6 is 0 Å². The van der Waals surface area contributed by atoms with Gasteiger partial charge < -0.3 is 14.8 Å². The fraction of sp³-hybridized carbons (Fsp3) is 0.300. The van der Waals surface area contributed by atoms with Crippen LogP contribution in [0.5, 0.6) is 11.5 Å². The second-order valence-corrected chi connectivity index (χ2v) is 5.62. The van der Waals surface area contributed by atoms with Gasteiger partial charge in [-0.05, 0) is 36.1 Å². The summed E-state index contributed by atoms with van der Waals surface area (Å²) in [6, 6.07) is 15.6. The second-order valence-electron chi connectivity index (χ2n) is 5.62. The number of nitrogens with zero attached hydrogens (tertiary/aromatic N) is 1. The van der Waals surface area contributed by atoms with E-state index in [9.17, 15) is 4.79 Å². The molecule has 0 radical (unpaired) electrons. The summed E-state index contributed by atoms with van der Waals surface area (Å²) in [6.45, 7) is 2.97. The number of hydrogen-bond donors (Lipinski definition) is 1. The highest BCUT2D eigenvalue weighted by Crippen LogP contribution is 2.26. The third-order valence-corrected chi connectivity index (χ3v) is 3.87. The quantitative estimate of drug-likeness (QED) is 0.802. The normalized spacial score (nSPS) is 9.96. The molecule has 0 saturated heterocycles. The number of benzene rings is 2. The zero-order chi connectivity index (χ0) is 18.1. The van der Waals surface area contributed by atoms with Crippen molar-refractivity contribution in [2.45, 2.75) is 26.4 Å². The molecule has 0 heterocycles. The second kappa shape index (κ2) is 9.33. The van der Waals surface area contributed by atoms with E-state index in [1.54, 1.807) is 7.11 Å². The molecule has 0 bridgehead atoms. The lowest BCUT2D eigenvalue weighted by Crippen LogP contribution is -2.25. The van der Waals surface area contributed by atoms with Gasteiger partial charge in [-0.15, -0.1) is 0 Å². The van der Waals surface area contributed by atoms with E-state index in [4.69, 9.17) is 14.7 Å². The zero-order valence-corrected chi connectivity index (χ0v) is 14.5. The van der Waals surface area contributed by atoms with Gasteiger partial charge in [-0.2, -0.15) is 5.26 Å². The Bertz CT molecular complexity index is 766. The number of nitrogens with one attached hydrogen (secondary N) is 1. The minimum Gasteiger partial charge on any atom is -0.497 e. The van der Waals surface area contributed by atoms with Gasteiger partial charge in [0.15, 0.2) is 0 Å². The van der Waals surface area contributed by atoms with Gasteiger partial charge in [-0.3, -0.25) is 4.79 Å². The molecule has 25 heavy (non-hydrogen) atoms. The molecule has 5 heteroatoms. The number of carbonyl (C=O) groups is 1. The van der Waals surface area contributed by atoms with Crippen molar-refractivity contribution in [3.8, 4) is 17.6 Å². The van der Waals surface area contributed by atoms with E-state index in [2.05, 4.69) is 18.3 Å². The van der Waals surface area contributed by atoms with Gasteiger partial charge in [0.25, 0.3) is 0 Å². The first-order chi connectivity index (χ1) is 12.1. The molecular weight excluding hydrogens is 316 g/mol. The van der Waals surface area contributed by atoms with Gasteiger partial charge in [0, 0.05) is 12.6 Å². The van der Waals surface area contributed by atoms with Crippen molar-refractivity contribution >= 4 is 5.91 Å². The van der Waals surface area contributed by atoms with Crippen LogP contribution in [0, 0.1) is 18.3 Å². The van der Waals surface area contributed by atoms with Crippen LogP contribution in [0.2, 0.25) is 0 Å². The summed E-state index contributed by atoms with van der Waals surface area (Å²) in [6.07, 6.45) is 0.490. The third-order valence-electron chi connectivity index (χ3n) is 3.87. The summed E-state index contributed by atoms with van der Waals surface area (Å²) in [5.74, 6) is 1.19. The highest BCUT2D eigenvalue weighted by molar-refractivity contribution is 5.77. The van der Waals surface area contributed by atoms with Crippen molar-refractivity contribution < 1.29 is 14.3 Å². The first kappa shape index (κ1) is 18.3. The Morgan fingerprint density at radius 1 is 1.20 bits per heavy atom. The molecule has 0 saturated carbocycles. The predicted molar refractivity (Wildman–Crippen MR) is 95.4 cm³/mol. The van der Waals surface area contributed by atoms with Gasteiger partial charge in [0.05, 0.1) is 13.2 Å². The number of aryl methyl sites for hydroxylation is 1. The molecule has 0 aliphatic rings. The molecular formula is C20H22N2O3. The van der Waals surface area contributed by atoms with E-state index in [1.807, 2.05) is 42.5 Å². The average Bonchev–Trinajstić information content (AvgIpc) is 2.62. The minimum absolute atomic E-state index is 0.126. The summed E-state index contributed by atoms with van der Waals surface area (Å²) in [4.78, 5) is 11.4. The van der Waals surface area contributed by atoms with Crippen LogP contribution in [-0.4, -0.2) is 19.6 Å². The predicted octanol–water partition coefficient (Wildman–Crippen LogP) is 3.16. The van der Waals surface area contributed by atoms with Crippen LogP contribution in [0.4, 0.5) is 0 Å². The van der Waals surface area contributed by atoms with Gasteiger partial charge >= 0.3 is 0 Å². The number of amides is 1. The molecule has 130 valence electrons. The van der Waals surface area contributed by atoms with Gasteiger partial charge in [-0.25, -0.2) is 0 Å². The lowest BCUT2D eigenvalue weighted by Gasteiger charge is -2.14.